The van der Waals surface area contributed by atoms with E-state index in [0.29, 0.717) is 31.4 Å². The Balaban J connectivity index is 1.48. The van der Waals surface area contributed by atoms with Gasteiger partial charge in [-0.2, -0.15) is 4.98 Å². The van der Waals surface area contributed by atoms with Gasteiger partial charge in [-0.3, -0.25) is 4.79 Å². The Kier molecular flexibility index (Phi) is 4.56. The molecular formula is C17H18N4O4S. The number of thiophene rings is 1. The van der Waals surface area contributed by atoms with Crippen molar-refractivity contribution in [1.29, 1.82) is 0 Å². The van der Waals surface area contributed by atoms with E-state index in [1.54, 1.807) is 11.0 Å². The molecule has 0 bridgehead atoms. The van der Waals surface area contributed by atoms with Gasteiger partial charge in [0.05, 0.1) is 23.7 Å². The molecule has 3 aromatic heterocycles. The van der Waals surface area contributed by atoms with Gasteiger partial charge in [-0.25, -0.2) is 0 Å². The summed E-state index contributed by atoms with van der Waals surface area (Å²) in [6.07, 6.45) is -0.457. The van der Waals surface area contributed by atoms with Crippen LogP contribution in [0.2, 0.25) is 0 Å². The van der Waals surface area contributed by atoms with Crippen LogP contribution in [0.4, 0.5) is 0 Å². The maximum atomic E-state index is 12.7. The molecule has 3 aromatic rings. The summed E-state index contributed by atoms with van der Waals surface area (Å²) in [5.74, 6) is 1.12. The molecule has 0 spiro atoms. The third kappa shape index (κ3) is 3.27. The van der Waals surface area contributed by atoms with Gasteiger partial charge in [0.2, 0.25) is 11.6 Å². The Morgan fingerprint density at radius 2 is 2.23 bits per heavy atom. The van der Waals surface area contributed by atoms with Crippen LogP contribution in [0.1, 0.15) is 48.0 Å². The summed E-state index contributed by atoms with van der Waals surface area (Å²) in [5, 5.41) is 9.89. The summed E-state index contributed by atoms with van der Waals surface area (Å²) < 4.78 is 16.3. The zero-order valence-electron chi connectivity index (χ0n) is 14.4. The predicted octanol–water partition coefficient (Wildman–Crippen LogP) is 3.12. The number of aromatic nitrogens is 3. The van der Waals surface area contributed by atoms with E-state index in [2.05, 4.69) is 15.3 Å². The fourth-order valence-electron chi connectivity index (χ4n) is 2.67. The van der Waals surface area contributed by atoms with Crippen LogP contribution in [-0.4, -0.2) is 45.8 Å². The monoisotopic (exact) mass is 374 g/mol. The zero-order chi connectivity index (χ0) is 18.1. The van der Waals surface area contributed by atoms with Crippen molar-refractivity contribution in [3.63, 3.8) is 0 Å². The largest absolute Gasteiger partial charge is 0.365 e. The first kappa shape index (κ1) is 16.9. The molecule has 9 heteroatoms. The minimum atomic E-state index is -0.457. The average Bonchev–Trinajstić information content (AvgIpc) is 3.42. The van der Waals surface area contributed by atoms with Crippen LogP contribution in [0, 0.1) is 0 Å². The van der Waals surface area contributed by atoms with Crippen molar-refractivity contribution in [2.75, 3.05) is 19.7 Å². The molecule has 0 radical (unpaired) electrons. The highest BCUT2D eigenvalue weighted by molar-refractivity contribution is 7.13. The Bertz CT molecular complexity index is 886. The molecule has 0 N–H and O–H groups in total. The summed E-state index contributed by atoms with van der Waals surface area (Å²) in [7, 11) is 0. The van der Waals surface area contributed by atoms with Gasteiger partial charge >= 0.3 is 0 Å². The Hall–Kier alpha value is -2.52. The number of hydrogen-bond acceptors (Lipinski definition) is 8. The van der Waals surface area contributed by atoms with Crippen molar-refractivity contribution in [3.8, 4) is 10.7 Å². The number of nitrogens with zero attached hydrogens (tertiary/aromatic N) is 4. The maximum Gasteiger partial charge on any atom is 0.292 e. The van der Waals surface area contributed by atoms with Crippen molar-refractivity contribution in [2.24, 2.45) is 0 Å². The normalized spacial score (nSPS) is 17.8. The second kappa shape index (κ2) is 7.00. The van der Waals surface area contributed by atoms with Crippen LogP contribution in [0.15, 0.2) is 32.6 Å². The van der Waals surface area contributed by atoms with Gasteiger partial charge in [-0.1, -0.05) is 30.2 Å². The standard InChI is InChI=1S/C17H18N4O4S/c1-10(2)11-8-12(24-19-11)17(22)21-5-6-23-13(9-21)16-18-15(20-25-16)14-4-3-7-26-14/h3-4,7-8,10,13H,5-6,9H2,1-2H3. The molecule has 0 aromatic carbocycles. The van der Waals surface area contributed by atoms with Crippen LogP contribution in [-0.2, 0) is 4.74 Å². The minimum absolute atomic E-state index is 0.201. The topological polar surface area (TPSA) is 94.5 Å². The van der Waals surface area contributed by atoms with Gasteiger partial charge in [-0.05, 0) is 17.4 Å². The lowest BCUT2D eigenvalue weighted by Gasteiger charge is -2.30. The first-order valence-corrected chi connectivity index (χ1v) is 9.24. The van der Waals surface area contributed by atoms with Gasteiger partial charge in [0.1, 0.15) is 0 Å². The lowest BCUT2D eigenvalue weighted by molar-refractivity contribution is -0.0376. The number of hydrogen-bond donors (Lipinski definition) is 0. The zero-order valence-corrected chi connectivity index (χ0v) is 15.2. The quantitative estimate of drug-likeness (QED) is 0.692. The summed E-state index contributed by atoms with van der Waals surface area (Å²) in [6, 6.07) is 5.54. The molecule has 8 nitrogen and oxygen atoms in total. The van der Waals surface area contributed by atoms with Gasteiger partial charge in [0.25, 0.3) is 11.8 Å². The Labute approximate surface area is 153 Å². The highest BCUT2D eigenvalue weighted by atomic mass is 32.1. The first-order valence-electron chi connectivity index (χ1n) is 8.37. The average molecular weight is 374 g/mol. The lowest BCUT2D eigenvalue weighted by atomic mass is 10.1. The van der Waals surface area contributed by atoms with E-state index in [1.165, 1.54) is 11.3 Å². The number of carbonyl (C=O) groups excluding carboxylic acids is 1. The minimum Gasteiger partial charge on any atom is -0.365 e. The molecule has 1 amide bonds. The molecule has 4 heterocycles. The van der Waals surface area contributed by atoms with Crippen LogP contribution >= 0.6 is 11.3 Å². The molecule has 0 saturated carbocycles. The molecule has 1 saturated heterocycles. The van der Waals surface area contributed by atoms with Crippen molar-refractivity contribution in [3.05, 3.63) is 40.9 Å². The van der Waals surface area contributed by atoms with Gasteiger partial charge in [0.15, 0.2) is 6.10 Å². The predicted molar refractivity (Wildman–Crippen MR) is 92.8 cm³/mol. The fraction of sp³-hybridized carbons (Fsp3) is 0.412. The van der Waals surface area contributed by atoms with E-state index in [4.69, 9.17) is 13.8 Å². The maximum absolute atomic E-state index is 12.7. The summed E-state index contributed by atoms with van der Waals surface area (Å²) >= 11 is 1.53. The van der Waals surface area contributed by atoms with E-state index < -0.39 is 6.10 Å². The van der Waals surface area contributed by atoms with Gasteiger partial charge in [-0.15, -0.1) is 11.3 Å². The van der Waals surface area contributed by atoms with E-state index in [-0.39, 0.29) is 17.6 Å². The molecule has 1 aliphatic heterocycles. The van der Waals surface area contributed by atoms with Crippen molar-refractivity contribution in [1.82, 2.24) is 20.2 Å². The molecule has 0 aliphatic carbocycles. The first-order chi connectivity index (χ1) is 12.6. The molecular weight excluding hydrogens is 356 g/mol. The molecule has 1 unspecified atom stereocenters. The third-order valence-electron chi connectivity index (χ3n) is 4.14. The summed E-state index contributed by atoms with van der Waals surface area (Å²) in [6.45, 7) is 5.18. The number of rotatable bonds is 4. The van der Waals surface area contributed by atoms with Crippen LogP contribution in [0.5, 0.6) is 0 Å². The van der Waals surface area contributed by atoms with Crippen LogP contribution < -0.4 is 0 Å². The molecule has 1 atom stereocenters. The van der Waals surface area contributed by atoms with Crippen molar-refractivity contribution in [2.45, 2.75) is 25.9 Å². The molecule has 4 rings (SSSR count). The van der Waals surface area contributed by atoms with E-state index in [9.17, 15) is 4.79 Å². The van der Waals surface area contributed by atoms with E-state index in [0.717, 1.165) is 10.6 Å². The smallest absolute Gasteiger partial charge is 0.292 e. The van der Waals surface area contributed by atoms with E-state index in [1.807, 2.05) is 31.4 Å². The lowest BCUT2D eigenvalue weighted by Crippen LogP contribution is -2.42. The number of amides is 1. The SMILES string of the molecule is CC(C)c1cc(C(=O)N2CCOC(c3nc(-c4cccs4)no3)C2)on1. The summed E-state index contributed by atoms with van der Waals surface area (Å²) in [5.41, 5.74) is 0.760. The van der Waals surface area contributed by atoms with Crippen molar-refractivity contribution < 1.29 is 18.6 Å². The van der Waals surface area contributed by atoms with Gasteiger partial charge < -0.3 is 18.7 Å². The summed E-state index contributed by atoms with van der Waals surface area (Å²) in [4.78, 5) is 19.7. The second-order valence-corrected chi connectivity index (χ2v) is 7.26. The highest BCUT2D eigenvalue weighted by Gasteiger charge is 2.31. The second-order valence-electron chi connectivity index (χ2n) is 6.31. The number of morpholine rings is 1. The highest BCUT2D eigenvalue weighted by Crippen LogP contribution is 2.27. The number of carbonyl (C=O) groups is 1. The Morgan fingerprint density at radius 3 is 2.96 bits per heavy atom. The molecule has 1 fully saturated rings. The van der Waals surface area contributed by atoms with Crippen molar-refractivity contribution >= 4 is 17.2 Å². The fourth-order valence-corrected chi connectivity index (χ4v) is 3.32. The van der Waals surface area contributed by atoms with E-state index >= 15 is 0 Å². The third-order valence-corrected chi connectivity index (χ3v) is 5.01. The number of ether oxygens (including phenoxy) is 1. The Morgan fingerprint density at radius 1 is 1.35 bits per heavy atom. The van der Waals surface area contributed by atoms with Gasteiger partial charge in [0, 0.05) is 12.6 Å². The molecule has 136 valence electrons. The molecule has 26 heavy (non-hydrogen) atoms. The molecule has 1 aliphatic rings. The van der Waals surface area contributed by atoms with Crippen LogP contribution in [0.3, 0.4) is 0 Å². The van der Waals surface area contributed by atoms with Crippen LogP contribution in [0.25, 0.3) is 10.7 Å².